The monoisotopic (exact) mass is 535 g/mol. The minimum absolute atomic E-state index is 0.0250. The normalized spacial score (nSPS) is 25.0. The molecular formula is C29H31F2N5O3. The van der Waals surface area contributed by atoms with Gasteiger partial charge in [0.1, 0.15) is 17.5 Å². The Bertz CT molecular complexity index is 1480. The van der Waals surface area contributed by atoms with Gasteiger partial charge in [-0.25, -0.2) is 13.8 Å². The number of aromatic nitrogens is 2. The Morgan fingerprint density at radius 1 is 1.13 bits per heavy atom. The van der Waals surface area contributed by atoms with Crippen LogP contribution in [0.1, 0.15) is 48.6 Å². The summed E-state index contributed by atoms with van der Waals surface area (Å²) >= 11 is 0. The molecule has 10 heteroatoms. The van der Waals surface area contributed by atoms with Crippen LogP contribution >= 0.6 is 0 Å². The van der Waals surface area contributed by atoms with Crippen molar-refractivity contribution < 1.29 is 23.0 Å². The molecule has 8 nitrogen and oxygen atoms in total. The summed E-state index contributed by atoms with van der Waals surface area (Å²) in [5.74, 6) is -0.929. The molecular weight excluding hydrogens is 504 g/mol. The molecule has 204 valence electrons. The smallest absolute Gasteiger partial charge is 0.228 e. The molecule has 1 unspecified atom stereocenters. The van der Waals surface area contributed by atoms with Crippen LogP contribution in [0.15, 0.2) is 24.4 Å². The molecule has 0 bridgehead atoms. The van der Waals surface area contributed by atoms with E-state index in [1.807, 2.05) is 13.1 Å². The Morgan fingerprint density at radius 2 is 1.97 bits per heavy atom. The van der Waals surface area contributed by atoms with Gasteiger partial charge in [-0.1, -0.05) is 0 Å². The van der Waals surface area contributed by atoms with Crippen molar-refractivity contribution in [2.45, 2.75) is 44.1 Å². The summed E-state index contributed by atoms with van der Waals surface area (Å²) in [7, 11) is 0. The standard InChI is InChI=1S/C29H31F2N5O3/c1-17-25(26-20(31)11-18(30)12-21(26)34-28(17)36-5-2-3-24(36)37)23-14-29(4-8-39-23)16-33-22-13-19(15-32-27(22)29)35-6-9-38-10-7-35/h11-13,15,23,33H,2-10,14,16H2,1H3/t23-,29?/m1/s1. The molecule has 1 aromatic carbocycles. The highest BCUT2D eigenvalue weighted by Crippen LogP contribution is 2.50. The van der Waals surface area contributed by atoms with E-state index >= 15 is 4.39 Å². The van der Waals surface area contributed by atoms with Crippen molar-refractivity contribution >= 4 is 34.0 Å². The van der Waals surface area contributed by atoms with Gasteiger partial charge in [0.15, 0.2) is 0 Å². The van der Waals surface area contributed by atoms with Crippen LogP contribution in [0, 0.1) is 18.6 Å². The number of hydrogen-bond acceptors (Lipinski definition) is 7. The number of hydrogen-bond donors (Lipinski definition) is 1. The van der Waals surface area contributed by atoms with Crippen molar-refractivity contribution in [3.05, 3.63) is 52.9 Å². The van der Waals surface area contributed by atoms with Crippen molar-refractivity contribution in [1.29, 1.82) is 0 Å². The van der Waals surface area contributed by atoms with Crippen molar-refractivity contribution in [1.82, 2.24) is 9.97 Å². The minimum Gasteiger partial charge on any atom is -0.383 e. The van der Waals surface area contributed by atoms with Crippen LogP contribution in [-0.2, 0) is 19.7 Å². The topological polar surface area (TPSA) is 79.8 Å². The first-order chi connectivity index (χ1) is 18.9. The average molecular weight is 536 g/mol. The highest BCUT2D eigenvalue weighted by atomic mass is 19.1. The minimum atomic E-state index is -0.698. The van der Waals surface area contributed by atoms with Gasteiger partial charge < -0.3 is 19.7 Å². The maximum absolute atomic E-state index is 15.4. The second-order valence-electron chi connectivity index (χ2n) is 11.0. The van der Waals surface area contributed by atoms with Gasteiger partial charge in [0.2, 0.25) is 5.91 Å². The summed E-state index contributed by atoms with van der Waals surface area (Å²) < 4.78 is 41.5. The number of fused-ring (bicyclic) bond motifs is 3. The van der Waals surface area contributed by atoms with E-state index in [0.29, 0.717) is 62.7 Å². The third-order valence-electron chi connectivity index (χ3n) is 8.77. The van der Waals surface area contributed by atoms with Crippen LogP contribution in [0.25, 0.3) is 10.9 Å². The van der Waals surface area contributed by atoms with Crippen LogP contribution in [0.5, 0.6) is 0 Å². The van der Waals surface area contributed by atoms with Gasteiger partial charge in [-0.15, -0.1) is 0 Å². The number of amides is 1. The van der Waals surface area contributed by atoms with Crippen LogP contribution in [0.2, 0.25) is 0 Å². The Morgan fingerprint density at radius 3 is 2.77 bits per heavy atom. The lowest BCUT2D eigenvalue weighted by atomic mass is 9.74. The van der Waals surface area contributed by atoms with Crippen molar-refractivity contribution in [2.75, 3.05) is 61.1 Å². The SMILES string of the molecule is Cc1c(N2CCCC2=O)nc2cc(F)cc(F)c2c1[C@H]1CC2(CCO1)CNc1cc(N3CCOCC3)cnc12. The van der Waals surface area contributed by atoms with E-state index in [1.54, 1.807) is 4.90 Å². The zero-order valence-corrected chi connectivity index (χ0v) is 21.9. The average Bonchev–Trinajstić information content (AvgIpc) is 3.52. The molecule has 7 rings (SSSR count). The largest absolute Gasteiger partial charge is 0.383 e. The number of benzene rings is 1. The number of carbonyl (C=O) groups is 1. The fraction of sp³-hybridized carbons (Fsp3) is 0.483. The van der Waals surface area contributed by atoms with Gasteiger partial charge in [0, 0.05) is 62.1 Å². The molecule has 39 heavy (non-hydrogen) atoms. The van der Waals surface area contributed by atoms with Crippen molar-refractivity contribution in [3.63, 3.8) is 0 Å². The Kier molecular flexibility index (Phi) is 5.93. The summed E-state index contributed by atoms with van der Waals surface area (Å²) in [6, 6.07) is 4.30. The lowest BCUT2D eigenvalue weighted by Gasteiger charge is -2.39. The van der Waals surface area contributed by atoms with E-state index < -0.39 is 17.7 Å². The summed E-state index contributed by atoms with van der Waals surface area (Å²) in [5.41, 5.74) is 4.35. The van der Waals surface area contributed by atoms with E-state index in [2.05, 4.69) is 21.3 Å². The Labute approximate surface area is 225 Å². The number of nitrogens with one attached hydrogen (secondary N) is 1. The first kappa shape index (κ1) is 24.7. The number of anilines is 3. The summed E-state index contributed by atoms with van der Waals surface area (Å²) in [5, 5.41) is 3.84. The first-order valence-electron chi connectivity index (χ1n) is 13.7. The highest BCUT2D eigenvalue weighted by Gasteiger charge is 2.46. The van der Waals surface area contributed by atoms with Gasteiger partial charge >= 0.3 is 0 Å². The molecule has 0 saturated carbocycles. The predicted octanol–water partition coefficient (Wildman–Crippen LogP) is 4.39. The molecule has 1 spiro atoms. The molecule has 3 aromatic rings. The van der Waals surface area contributed by atoms with Crippen molar-refractivity contribution in [3.8, 4) is 0 Å². The molecule has 4 aliphatic heterocycles. The van der Waals surface area contributed by atoms with Crippen LogP contribution < -0.4 is 15.1 Å². The lowest BCUT2D eigenvalue weighted by molar-refractivity contribution is -0.117. The molecule has 2 atom stereocenters. The van der Waals surface area contributed by atoms with Gasteiger partial charge in [0.05, 0.1) is 48.1 Å². The first-order valence-corrected chi connectivity index (χ1v) is 13.7. The number of nitrogens with zero attached hydrogens (tertiary/aromatic N) is 4. The maximum atomic E-state index is 15.4. The van der Waals surface area contributed by atoms with Gasteiger partial charge in [0.25, 0.3) is 0 Å². The number of morpholine rings is 1. The third kappa shape index (κ3) is 4.03. The summed E-state index contributed by atoms with van der Waals surface area (Å²) in [6.07, 6.45) is 4.01. The molecule has 6 heterocycles. The van der Waals surface area contributed by atoms with E-state index in [9.17, 15) is 9.18 Å². The molecule has 2 aromatic heterocycles. The molecule has 0 radical (unpaired) electrons. The molecule has 4 aliphatic rings. The third-order valence-corrected chi connectivity index (χ3v) is 8.77. The van der Waals surface area contributed by atoms with Crippen LogP contribution in [-0.4, -0.2) is 61.9 Å². The number of pyridine rings is 2. The van der Waals surface area contributed by atoms with E-state index in [4.69, 9.17) is 14.5 Å². The summed E-state index contributed by atoms with van der Waals surface area (Å²) in [6.45, 7) is 6.67. The van der Waals surface area contributed by atoms with Gasteiger partial charge in [-0.3, -0.25) is 14.7 Å². The maximum Gasteiger partial charge on any atom is 0.228 e. The van der Waals surface area contributed by atoms with Crippen LogP contribution in [0.4, 0.5) is 26.0 Å². The van der Waals surface area contributed by atoms with E-state index in [0.717, 1.165) is 49.1 Å². The molecule has 0 aliphatic carbocycles. The second-order valence-corrected chi connectivity index (χ2v) is 11.0. The molecule has 3 fully saturated rings. The fourth-order valence-corrected chi connectivity index (χ4v) is 6.79. The number of ether oxygens (including phenoxy) is 2. The van der Waals surface area contributed by atoms with E-state index in [1.165, 1.54) is 6.07 Å². The van der Waals surface area contributed by atoms with E-state index in [-0.39, 0.29) is 22.2 Å². The molecule has 3 saturated heterocycles. The highest BCUT2D eigenvalue weighted by molar-refractivity contribution is 5.97. The van der Waals surface area contributed by atoms with Crippen LogP contribution in [0.3, 0.4) is 0 Å². The van der Waals surface area contributed by atoms with Gasteiger partial charge in [-0.2, -0.15) is 0 Å². The predicted molar refractivity (Wildman–Crippen MR) is 143 cm³/mol. The Balaban J connectivity index is 1.30. The second kappa shape index (κ2) is 9.38. The summed E-state index contributed by atoms with van der Waals surface area (Å²) in [4.78, 5) is 26.1. The zero-order chi connectivity index (χ0) is 26.7. The number of carbonyl (C=O) groups excluding carboxylic acids is 1. The number of rotatable bonds is 3. The zero-order valence-electron chi connectivity index (χ0n) is 21.9. The number of halogens is 2. The van der Waals surface area contributed by atoms with Crippen molar-refractivity contribution in [2.24, 2.45) is 0 Å². The quantitative estimate of drug-likeness (QED) is 0.533. The van der Waals surface area contributed by atoms with Gasteiger partial charge in [-0.05, 0) is 43.4 Å². The molecule has 1 amide bonds. The lowest BCUT2D eigenvalue weighted by Crippen LogP contribution is -2.38. The fourth-order valence-electron chi connectivity index (χ4n) is 6.79. The Hall–Kier alpha value is -3.37. The molecule has 1 N–H and O–H groups in total.